The quantitative estimate of drug-likeness (QED) is 0.393. The number of carbonyl (C=O) groups excluding carboxylic acids is 3. The second-order valence-electron chi connectivity index (χ2n) is 5.85. The minimum Gasteiger partial charge on any atom is -0.337 e. The zero-order valence-corrected chi connectivity index (χ0v) is 14.3. The van der Waals surface area contributed by atoms with E-state index in [1.165, 1.54) is 9.21 Å². The van der Waals surface area contributed by atoms with E-state index in [2.05, 4.69) is 28.8 Å². The molecule has 0 bridgehead atoms. The van der Waals surface area contributed by atoms with Crippen molar-refractivity contribution in [2.45, 2.75) is 18.5 Å². The van der Waals surface area contributed by atoms with Crippen LogP contribution in [-0.2, 0) is 4.79 Å². The number of nitrogens with zero attached hydrogens (tertiary/aromatic N) is 2. The zero-order valence-electron chi connectivity index (χ0n) is 13.4. The van der Waals surface area contributed by atoms with Crippen LogP contribution in [0.2, 0.25) is 0 Å². The van der Waals surface area contributed by atoms with E-state index in [0.717, 1.165) is 6.42 Å². The first kappa shape index (κ1) is 17.4. The molecule has 2 heterocycles. The highest BCUT2D eigenvalue weighted by Gasteiger charge is 2.54. The van der Waals surface area contributed by atoms with Crippen LogP contribution in [-0.4, -0.2) is 58.9 Å². The first-order chi connectivity index (χ1) is 12.0. The van der Waals surface area contributed by atoms with Crippen LogP contribution in [0.5, 0.6) is 0 Å². The van der Waals surface area contributed by atoms with Gasteiger partial charge in [-0.1, -0.05) is 12.8 Å². The summed E-state index contributed by atoms with van der Waals surface area (Å²) >= 11 is 4.10. The molecule has 0 radical (unpaired) electrons. The summed E-state index contributed by atoms with van der Waals surface area (Å²) in [5, 5.41) is 8.02. The molecule has 1 aromatic rings. The lowest BCUT2D eigenvalue weighted by molar-refractivity contribution is -0.141. The third-order valence-corrected chi connectivity index (χ3v) is 4.74. The summed E-state index contributed by atoms with van der Waals surface area (Å²) in [7, 11) is 0. The highest BCUT2D eigenvalue weighted by molar-refractivity contribution is 7.78. The maximum Gasteiger partial charge on any atom is 0.322 e. The number of carbonyl (C=O) groups is 3. The van der Waals surface area contributed by atoms with Gasteiger partial charge in [0.2, 0.25) is 0 Å². The third-order valence-electron chi connectivity index (χ3n) is 4.24. The minimum absolute atomic E-state index is 0.000178. The van der Waals surface area contributed by atoms with Crippen molar-refractivity contribution in [3.8, 4) is 0 Å². The lowest BCUT2D eigenvalue weighted by Crippen LogP contribution is -2.63. The average Bonchev–Trinajstić information content (AvgIpc) is 3.02. The van der Waals surface area contributed by atoms with Crippen LogP contribution < -0.4 is 21.7 Å². The standard InChI is InChI=1S/C15H20N6O3S/c16-6-7-17-14(23)18-9-1-3-10(4-2-9)19-15(24)20-8-5-11-12(20)13(22)21(11)25/h1-4,11-12,25H,5-8,16H2,(H,19,24)(H2,17,18,23)/t11-,12+/m1/s1. The summed E-state index contributed by atoms with van der Waals surface area (Å²) in [5.41, 5.74) is 6.48. The normalized spacial score (nSPS) is 21.4. The predicted octanol–water partition coefficient (Wildman–Crippen LogP) is 0.429. The van der Waals surface area contributed by atoms with Crippen LogP contribution in [0.15, 0.2) is 24.3 Å². The molecule has 0 aromatic heterocycles. The number of likely N-dealkylation sites (tertiary alicyclic amines) is 1. The molecule has 2 saturated heterocycles. The molecule has 3 rings (SSSR count). The van der Waals surface area contributed by atoms with Crippen molar-refractivity contribution in [1.29, 1.82) is 0 Å². The Kier molecular flexibility index (Phi) is 5.00. The molecule has 0 unspecified atom stereocenters. The maximum atomic E-state index is 12.4. The van der Waals surface area contributed by atoms with E-state index in [0.29, 0.717) is 31.0 Å². The van der Waals surface area contributed by atoms with E-state index >= 15 is 0 Å². The largest absolute Gasteiger partial charge is 0.337 e. The molecular formula is C15H20N6O3S. The van der Waals surface area contributed by atoms with E-state index in [1.54, 1.807) is 24.3 Å². The second-order valence-corrected chi connectivity index (χ2v) is 6.29. The zero-order chi connectivity index (χ0) is 18.0. The minimum atomic E-state index is -0.412. The molecule has 0 saturated carbocycles. The van der Waals surface area contributed by atoms with Gasteiger partial charge in [-0.25, -0.2) is 9.59 Å². The molecule has 2 fully saturated rings. The summed E-state index contributed by atoms with van der Waals surface area (Å²) in [6, 6.07) is 5.64. The van der Waals surface area contributed by atoms with E-state index in [4.69, 9.17) is 5.73 Å². The number of anilines is 2. The van der Waals surface area contributed by atoms with Crippen LogP contribution in [0, 0.1) is 0 Å². The summed E-state index contributed by atoms with van der Waals surface area (Å²) in [6.07, 6.45) is 0.730. The van der Waals surface area contributed by atoms with E-state index in [1.807, 2.05) is 0 Å². The van der Waals surface area contributed by atoms with Crippen molar-refractivity contribution in [2.75, 3.05) is 30.3 Å². The lowest BCUT2D eigenvalue weighted by Gasteiger charge is -2.41. The molecule has 2 aliphatic heterocycles. The molecule has 25 heavy (non-hydrogen) atoms. The van der Waals surface area contributed by atoms with E-state index in [-0.39, 0.29) is 24.0 Å². The molecule has 2 atom stereocenters. The predicted molar refractivity (Wildman–Crippen MR) is 96.3 cm³/mol. The number of benzene rings is 1. The molecule has 1 aromatic carbocycles. The van der Waals surface area contributed by atoms with Crippen molar-refractivity contribution in [1.82, 2.24) is 14.5 Å². The molecule has 2 aliphatic rings. The summed E-state index contributed by atoms with van der Waals surface area (Å²) < 4.78 is 1.38. The molecule has 10 heteroatoms. The Balaban J connectivity index is 1.54. The third kappa shape index (κ3) is 3.49. The monoisotopic (exact) mass is 364 g/mol. The Hall–Kier alpha value is -2.46. The SMILES string of the molecule is NCCNC(=O)Nc1ccc(NC(=O)N2CC[C@@H]3[C@H]2C(=O)N3S)cc1. The Morgan fingerprint density at radius 3 is 2.48 bits per heavy atom. The van der Waals surface area contributed by atoms with Crippen molar-refractivity contribution in [3.63, 3.8) is 0 Å². The van der Waals surface area contributed by atoms with Crippen molar-refractivity contribution >= 4 is 42.2 Å². The fourth-order valence-corrected chi connectivity index (χ4v) is 3.33. The molecule has 0 spiro atoms. The van der Waals surface area contributed by atoms with Gasteiger partial charge in [-0.05, 0) is 30.7 Å². The average molecular weight is 364 g/mol. The van der Waals surface area contributed by atoms with Crippen LogP contribution in [0.1, 0.15) is 6.42 Å². The highest BCUT2D eigenvalue weighted by Crippen LogP contribution is 2.35. The fourth-order valence-electron chi connectivity index (χ4n) is 2.97. The molecule has 9 nitrogen and oxygen atoms in total. The van der Waals surface area contributed by atoms with Gasteiger partial charge in [0.25, 0.3) is 5.91 Å². The van der Waals surface area contributed by atoms with Gasteiger partial charge in [-0.15, -0.1) is 0 Å². The van der Waals surface area contributed by atoms with Crippen LogP contribution >= 0.6 is 12.8 Å². The summed E-state index contributed by atoms with van der Waals surface area (Å²) in [4.78, 5) is 37.2. The van der Waals surface area contributed by atoms with Gasteiger partial charge >= 0.3 is 12.1 Å². The number of fused-ring (bicyclic) bond motifs is 1. The van der Waals surface area contributed by atoms with Gasteiger partial charge in [-0.2, -0.15) is 0 Å². The summed E-state index contributed by atoms with van der Waals surface area (Å²) in [6.45, 7) is 1.27. The maximum absolute atomic E-state index is 12.4. The Labute approximate surface area is 150 Å². The topological polar surface area (TPSA) is 120 Å². The van der Waals surface area contributed by atoms with Crippen LogP contribution in [0.3, 0.4) is 0 Å². The van der Waals surface area contributed by atoms with Crippen molar-refractivity contribution in [2.24, 2.45) is 5.73 Å². The molecule has 5 amide bonds. The number of nitrogens with two attached hydrogens (primary N) is 1. The fraction of sp³-hybridized carbons (Fsp3) is 0.400. The number of nitrogens with one attached hydrogen (secondary N) is 3. The van der Waals surface area contributed by atoms with Gasteiger partial charge in [0.1, 0.15) is 6.04 Å². The first-order valence-corrected chi connectivity index (χ1v) is 8.36. The molecular weight excluding hydrogens is 344 g/mol. The molecule has 0 aliphatic carbocycles. The number of rotatable bonds is 4. The number of urea groups is 2. The first-order valence-electron chi connectivity index (χ1n) is 7.96. The van der Waals surface area contributed by atoms with Gasteiger partial charge in [-0.3, -0.25) is 9.10 Å². The van der Waals surface area contributed by atoms with Gasteiger partial charge in [0, 0.05) is 31.0 Å². The number of hydrogen-bond acceptors (Lipinski definition) is 5. The smallest absolute Gasteiger partial charge is 0.322 e. The van der Waals surface area contributed by atoms with Gasteiger partial charge in [0.15, 0.2) is 0 Å². The van der Waals surface area contributed by atoms with Crippen LogP contribution in [0.25, 0.3) is 0 Å². The molecule has 134 valence electrons. The second kappa shape index (κ2) is 7.19. The van der Waals surface area contributed by atoms with E-state index < -0.39 is 6.04 Å². The number of amides is 5. The van der Waals surface area contributed by atoms with Crippen molar-refractivity contribution < 1.29 is 14.4 Å². The molecule has 5 N–H and O–H groups in total. The highest BCUT2D eigenvalue weighted by atomic mass is 32.1. The summed E-state index contributed by atoms with van der Waals surface area (Å²) in [5.74, 6) is -0.149. The lowest BCUT2D eigenvalue weighted by atomic mass is 10.0. The van der Waals surface area contributed by atoms with Gasteiger partial charge in [0.05, 0.1) is 6.04 Å². The Morgan fingerprint density at radius 1 is 1.20 bits per heavy atom. The Bertz CT molecular complexity index is 682. The number of hydrogen-bond donors (Lipinski definition) is 5. The van der Waals surface area contributed by atoms with E-state index in [9.17, 15) is 14.4 Å². The number of thiol groups is 1. The number of β-lactam (4-membered cyclic amide) rings is 1. The van der Waals surface area contributed by atoms with Crippen LogP contribution in [0.4, 0.5) is 21.0 Å². The van der Waals surface area contributed by atoms with Gasteiger partial charge < -0.3 is 26.6 Å². The Morgan fingerprint density at radius 2 is 1.84 bits per heavy atom. The van der Waals surface area contributed by atoms with Crippen molar-refractivity contribution in [3.05, 3.63) is 24.3 Å².